The van der Waals surface area contributed by atoms with Gasteiger partial charge < -0.3 is 10.4 Å². The summed E-state index contributed by atoms with van der Waals surface area (Å²) < 4.78 is 0. The van der Waals surface area contributed by atoms with Crippen LogP contribution in [0.1, 0.15) is 47.2 Å². The molecule has 0 saturated heterocycles. The van der Waals surface area contributed by atoms with Crippen molar-refractivity contribution in [1.29, 1.82) is 0 Å². The minimum Gasteiger partial charge on any atom is -0.391 e. The van der Waals surface area contributed by atoms with Gasteiger partial charge in [0.2, 0.25) is 0 Å². The molecule has 2 rings (SSSR count). The molecule has 0 aromatic heterocycles. The van der Waals surface area contributed by atoms with Gasteiger partial charge in [0.1, 0.15) is 0 Å². The van der Waals surface area contributed by atoms with Gasteiger partial charge in [-0.15, -0.1) is 0 Å². The van der Waals surface area contributed by atoms with Crippen LogP contribution >= 0.6 is 0 Å². The van der Waals surface area contributed by atoms with E-state index in [1.807, 2.05) is 25.1 Å². The molecule has 19 heavy (non-hydrogen) atoms. The van der Waals surface area contributed by atoms with Crippen molar-refractivity contribution in [1.82, 2.24) is 5.32 Å². The molecule has 0 unspecified atom stereocenters. The molecule has 1 aliphatic rings. The van der Waals surface area contributed by atoms with Gasteiger partial charge in [-0.25, -0.2) is 0 Å². The second-order valence-electron chi connectivity index (χ2n) is 5.21. The molecule has 1 saturated carbocycles. The highest BCUT2D eigenvalue weighted by Gasteiger charge is 2.24. The van der Waals surface area contributed by atoms with Crippen molar-refractivity contribution in [3.63, 3.8) is 0 Å². The van der Waals surface area contributed by atoms with Gasteiger partial charge >= 0.3 is 0 Å². The summed E-state index contributed by atoms with van der Waals surface area (Å²) in [6, 6.07) is 5.46. The standard InChI is InChI=1S/C16H21NO2/c1-3-12-10-13(9-8-11(12)2)16(19)17-14-6-4-5-7-15(14)18/h3,8-10,14-15,18H,1,4-7H2,2H3,(H,17,19)/t14-,15-/m1/s1. The van der Waals surface area contributed by atoms with E-state index in [1.165, 1.54) is 0 Å². The number of rotatable bonds is 3. The first-order valence-electron chi connectivity index (χ1n) is 6.84. The quantitative estimate of drug-likeness (QED) is 0.876. The van der Waals surface area contributed by atoms with Gasteiger partial charge in [-0.05, 0) is 43.0 Å². The Morgan fingerprint density at radius 3 is 2.84 bits per heavy atom. The largest absolute Gasteiger partial charge is 0.391 e. The maximum absolute atomic E-state index is 12.2. The average Bonchev–Trinajstić information content (AvgIpc) is 2.42. The van der Waals surface area contributed by atoms with Crippen molar-refractivity contribution in [2.45, 2.75) is 44.8 Å². The lowest BCUT2D eigenvalue weighted by Crippen LogP contribution is -2.45. The van der Waals surface area contributed by atoms with E-state index in [4.69, 9.17) is 0 Å². The number of amides is 1. The van der Waals surface area contributed by atoms with E-state index in [9.17, 15) is 9.90 Å². The molecule has 0 aliphatic heterocycles. The van der Waals surface area contributed by atoms with E-state index in [1.54, 1.807) is 6.08 Å². The van der Waals surface area contributed by atoms with Crippen molar-refractivity contribution >= 4 is 12.0 Å². The zero-order chi connectivity index (χ0) is 13.8. The minimum atomic E-state index is -0.415. The number of hydrogen-bond donors (Lipinski definition) is 2. The Morgan fingerprint density at radius 1 is 1.42 bits per heavy atom. The second-order valence-corrected chi connectivity index (χ2v) is 5.21. The molecule has 1 aliphatic carbocycles. The molecule has 0 bridgehead atoms. The average molecular weight is 259 g/mol. The van der Waals surface area contributed by atoms with Gasteiger partial charge in [-0.3, -0.25) is 4.79 Å². The van der Waals surface area contributed by atoms with E-state index in [0.717, 1.165) is 36.8 Å². The molecule has 3 heteroatoms. The van der Waals surface area contributed by atoms with Crippen LogP contribution in [0.25, 0.3) is 6.08 Å². The highest BCUT2D eigenvalue weighted by Crippen LogP contribution is 2.19. The molecule has 0 heterocycles. The zero-order valence-corrected chi connectivity index (χ0v) is 11.4. The Labute approximate surface area is 114 Å². The monoisotopic (exact) mass is 259 g/mol. The summed E-state index contributed by atoms with van der Waals surface area (Å²) in [6.07, 6.45) is 5.07. The molecule has 1 amide bonds. The maximum atomic E-state index is 12.2. The minimum absolute atomic E-state index is 0.116. The Bertz CT molecular complexity index is 482. The highest BCUT2D eigenvalue weighted by atomic mass is 16.3. The number of nitrogens with one attached hydrogen (secondary N) is 1. The highest BCUT2D eigenvalue weighted by molar-refractivity contribution is 5.95. The summed E-state index contributed by atoms with van der Waals surface area (Å²) in [5.74, 6) is -0.117. The number of aliphatic hydroxyl groups excluding tert-OH is 1. The van der Waals surface area contributed by atoms with E-state index in [-0.39, 0.29) is 11.9 Å². The van der Waals surface area contributed by atoms with E-state index < -0.39 is 6.10 Å². The Morgan fingerprint density at radius 2 is 2.16 bits per heavy atom. The van der Waals surface area contributed by atoms with Crippen LogP contribution in [-0.2, 0) is 0 Å². The molecule has 102 valence electrons. The first-order chi connectivity index (χ1) is 9.11. The predicted molar refractivity (Wildman–Crippen MR) is 77.0 cm³/mol. The fourth-order valence-electron chi connectivity index (χ4n) is 2.53. The summed E-state index contributed by atoms with van der Waals surface area (Å²) in [4.78, 5) is 12.2. The van der Waals surface area contributed by atoms with Gasteiger partial charge in [0.15, 0.2) is 0 Å². The van der Waals surface area contributed by atoms with Gasteiger partial charge in [-0.1, -0.05) is 31.6 Å². The van der Waals surface area contributed by atoms with Gasteiger partial charge in [0.05, 0.1) is 12.1 Å². The van der Waals surface area contributed by atoms with Crippen LogP contribution in [0.5, 0.6) is 0 Å². The van der Waals surface area contributed by atoms with E-state index in [2.05, 4.69) is 11.9 Å². The van der Waals surface area contributed by atoms with Crippen LogP contribution < -0.4 is 5.32 Å². The van der Waals surface area contributed by atoms with Crippen molar-refractivity contribution in [3.8, 4) is 0 Å². The van der Waals surface area contributed by atoms with Crippen molar-refractivity contribution in [3.05, 3.63) is 41.5 Å². The number of carbonyl (C=O) groups excluding carboxylic acids is 1. The Hall–Kier alpha value is -1.61. The van der Waals surface area contributed by atoms with Gasteiger partial charge in [0, 0.05) is 5.56 Å². The lowest BCUT2D eigenvalue weighted by Gasteiger charge is -2.28. The van der Waals surface area contributed by atoms with Crippen LogP contribution in [0.15, 0.2) is 24.8 Å². The predicted octanol–water partition coefficient (Wildman–Crippen LogP) is 2.67. The molecular weight excluding hydrogens is 238 g/mol. The first-order valence-corrected chi connectivity index (χ1v) is 6.84. The molecule has 0 radical (unpaired) electrons. The van der Waals surface area contributed by atoms with Gasteiger partial charge in [0.25, 0.3) is 5.91 Å². The molecule has 1 aromatic carbocycles. The summed E-state index contributed by atoms with van der Waals surface area (Å²) in [5, 5.41) is 12.8. The van der Waals surface area contributed by atoms with Crippen molar-refractivity contribution < 1.29 is 9.90 Å². The molecule has 1 fully saturated rings. The normalized spacial score (nSPS) is 22.8. The summed E-state index contributed by atoms with van der Waals surface area (Å²) in [5.41, 5.74) is 2.69. The summed E-state index contributed by atoms with van der Waals surface area (Å²) in [6.45, 7) is 5.74. The molecule has 3 nitrogen and oxygen atoms in total. The molecule has 2 N–H and O–H groups in total. The maximum Gasteiger partial charge on any atom is 0.251 e. The molecular formula is C16H21NO2. The first kappa shape index (κ1) is 13.8. The number of aliphatic hydroxyl groups is 1. The zero-order valence-electron chi connectivity index (χ0n) is 11.4. The fraction of sp³-hybridized carbons (Fsp3) is 0.438. The summed E-state index contributed by atoms with van der Waals surface area (Å²) in [7, 11) is 0. The Balaban J connectivity index is 2.09. The second kappa shape index (κ2) is 6.02. The third-order valence-corrected chi connectivity index (χ3v) is 3.81. The van der Waals surface area contributed by atoms with E-state index >= 15 is 0 Å². The number of carbonyl (C=O) groups is 1. The van der Waals surface area contributed by atoms with Crippen molar-refractivity contribution in [2.75, 3.05) is 0 Å². The van der Waals surface area contributed by atoms with Crippen LogP contribution in [0.4, 0.5) is 0 Å². The Kier molecular flexibility index (Phi) is 4.38. The number of aryl methyl sites for hydroxylation is 1. The number of benzene rings is 1. The van der Waals surface area contributed by atoms with Gasteiger partial charge in [-0.2, -0.15) is 0 Å². The van der Waals surface area contributed by atoms with Crippen LogP contribution in [0.3, 0.4) is 0 Å². The smallest absolute Gasteiger partial charge is 0.251 e. The van der Waals surface area contributed by atoms with Crippen LogP contribution in [0, 0.1) is 6.92 Å². The topological polar surface area (TPSA) is 49.3 Å². The third kappa shape index (κ3) is 3.24. The van der Waals surface area contributed by atoms with Crippen LogP contribution in [-0.4, -0.2) is 23.2 Å². The lowest BCUT2D eigenvalue weighted by molar-refractivity contribution is 0.0717. The molecule has 0 spiro atoms. The van der Waals surface area contributed by atoms with E-state index in [0.29, 0.717) is 5.56 Å². The number of hydrogen-bond acceptors (Lipinski definition) is 2. The third-order valence-electron chi connectivity index (χ3n) is 3.81. The molecule has 1 aromatic rings. The summed E-state index contributed by atoms with van der Waals surface area (Å²) >= 11 is 0. The molecule has 2 atom stereocenters. The van der Waals surface area contributed by atoms with Crippen molar-refractivity contribution in [2.24, 2.45) is 0 Å². The SMILES string of the molecule is C=Cc1cc(C(=O)N[C@@H]2CCCC[C@H]2O)ccc1C. The van der Waals surface area contributed by atoms with Crippen LogP contribution in [0.2, 0.25) is 0 Å². The lowest BCUT2D eigenvalue weighted by atomic mass is 9.92. The fourth-order valence-corrected chi connectivity index (χ4v) is 2.53.